The first-order valence-electron chi connectivity index (χ1n) is 8.57. The summed E-state index contributed by atoms with van der Waals surface area (Å²) in [6.45, 7) is 6.78. The van der Waals surface area contributed by atoms with Gasteiger partial charge in [-0.1, -0.05) is 59.3 Å². The summed E-state index contributed by atoms with van der Waals surface area (Å²) in [6.07, 6.45) is 15.5. The van der Waals surface area contributed by atoms with Gasteiger partial charge in [0.2, 0.25) is 0 Å². The third kappa shape index (κ3) is 6.56. The minimum Gasteiger partial charge on any atom is -0.347 e. The molecule has 3 nitrogen and oxygen atoms in total. The summed E-state index contributed by atoms with van der Waals surface area (Å²) in [5.74, 6) is 1.09. The molecule has 116 valence electrons. The van der Waals surface area contributed by atoms with Crippen molar-refractivity contribution in [3.63, 3.8) is 0 Å². The monoisotopic (exact) mass is 279 g/mol. The second-order valence-corrected chi connectivity index (χ2v) is 5.79. The van der Waals surface area contributed by atoms with Crippen LogP contribution in [0.25, 0.3) is 0 Å². The van der Waals surface area contributed by atoms with E-state index in [4.69, 9.17) is 0 Å². The molecule has 0 aliphatic rings. The highest BCUT2D eigenvalue weighted by Gasteiger charge is 2.16. The fourth-order valence-electron chi connectivity index (χ4n) is 2.74. The van der Waals surface area contributed by atoms with Crippen LogP contribution in [0.2, 0.25) is 0 Å². The Balaban J connectivity index is 2.47. The zero-order chi connectivity index (χ0) is 14.6. The number of hydrogen-bond acceptors (Lipinski definition) is 2. The molecule has 0 amide bonds. The maximum atomic E-state index is 4.42. The van der Waals surface area contributed by atoms with Crippen molar-refractivity contribution in [2.45, 2.75) is 90.6 Å². The lowest BCUT2D eigenvalue weighted by molar-refractivity contribution is 0.360. The normalized spacial score (nSPS) is 13.0. The van der Waals surface area contributed by atoms with Crippen molar-refractivity contribution in [3.8, 4) is 0 Å². The van der Waals surface area contributed by atoms with Gasteiger partial charge in [0.15, 0.2) is 0 Å². The lowest BCUT2D eigenvalue weighted by atomic mass is 10.0. The Morgan fingerprint density at radius 1 is 1.05 bits per heavy atom. The highest BCUT2D eigenvalue weighted by atomic mass is 15.0. The largest absolute Gasteiger partial charge is 0.347 e. The van der Waals surface area contributed by atoms with Crippen molar-refractivity contribution in [2.75, 3.05) is 0 Å². The zero-order valence-corrected chi connectivity index (χ0v) is 13.6. The Bertz CT molecular complexity index is 298. The Hall–Kier alpha value is -0.830. The Kier molecular flexibility index (Phi) is 9.38. The molecule has 0 fully saturated rings. The van der Waals surface area contributed by atoms with Crippen molar-refractivity contribution in [3.05, 3.63) is 18.2 Å². The van der Waals surface area contributed by atoms with Crippen LogP contribution in [0.5, 0.6) is 0 Å². The molecule has 0 spiro atoms. The SMILES string of the molecule is CCCCCC(CCCCC)NC(CC)c1ncc[nH]1. The van der Waals surface area contributed by atoms with E-state index in [1.807, 2.05) is 12.4 Å². The van der Waals surface area contributed by atoms with Crippen molar-refractivity contribution in [2.24, 2.45) is 0 Å². The summed E-state index contributed by atoms with van der Waals surface area (Å²) in [5, 5.41) is 3.83. The molecule has 1 atom stereocenters. The number of aromatic nitrogens is 2. The van der Waals surface area contributed by atoms with E-state index in [0.717, 1.165) is 12.2 Å². The number of nitrogens with one attached hydrogen (secondary N) is 2. The quantitative estimate of drug-likeness (QED) is 0.530. The third-order valence-electron chi connectivity index (χ3n) is 4.01. The van der Waals surface area contributed by atoms with Gasteiger partial charge in [-0.15, -0.1) is 0 Å². The summed E-state index contributed by atoms with van der Waals surface area (Å²) in [4.78, 5) is 7.67. The van der Waals surface area contributed by atoms with Crippen LogP contribution in [0.4, 0.5) is 0 Å². The van der Waals surface area contributed by atoms with Gasteiger partial charge in [-0.05, 0) is 19.3 Å². The average Bonchev–Trinajstić information content (AvgIpc) is 2.98. The van der Waals surface area contributed by atoms with E-state index in [1.54, 1.807) is 0 Å². The Morgan fingerprint density at radius 2 is 1.70 bits per heavy atom. The van der Waals surface area contributed by atoms with Gasteiger partial charge in [0, 0.05) is 18.4 Å². The molecule has 1 aromatic rings. The topological polar surface area (TPSA) is 40.7 Å². The molecule has 0 aromatic carbocycles. The van der Waals surface area contributed by atoms with E-state index in [9.17, 15) is 0 Å². The average molecular weight is 279 g/mol. The van der Waals surface area contributed by atoms with Crippen molar-refractivity contribution < 1.29 is 0 Å². The second-order valence-electron chi connectivity index (χ2n) is 5.79. The minimum atomic E-state index is 0.373. The first-order valence-corrected chi connectivity index (χ1v) is 8.57. The number of rotatable bonds is 12. The molecule has 1 heterocycles. The van der Waals surface area contributed by atoms with Crippen LogP contribution in [0.1, 0.15) is 90.4 Å². The molecule has 0 radical (unpaired) electrons. The van der Waals surface area contributed by atoms with Crippen LogP contribution in [-0.2, 0) is 0 Å². The smallest absolute Gasteiger partial charge is 0.123 e. The molecular formula is C17H33N3. The van der Waals surface area contributed by atoms with Crippen LogP contribution >= 0.6 is 0 Å². The summed E-state index contributed by atoms with van der Waals surface area (Å²) in [7, 11) is 0. The molecule has 0 saturated heterocycles. The predicted octanol–water partition coefficient (Wildman–Crippen LogP) is 4.98. The maximum Gasteiger partial charge on any atom is 0.123 e. The van der Waals surface area contributed by atoms with E-state index in [-0.39, 0.29) is 0 Å². The van der Waals surface area contributed by atoms with Gasteiger partial charge < -0.3 is 10.3 Å². The summed E-state index contributed by atoms with van der Waals surface area (Å²) in [6, 6.07) is 1.02. The first-order chi connectivity index (χ1) is 9.81. The van der Waals surface area contributed by atoms with Crippen LogP contribution in [0.15, 0.2) is 12.4 Å². The Morgan fingerprint density at radius 3 is 2.15 bits per heavy atom. The van der Waals surface area contributed by atoms with E-state index >= 15 is 0 Å². The number of aromatic amines is 1. The summed E-state index contributed by atoms with van der Waals surface area (Å²) < 4.78 is 0. The third-order valence-corrected chi connectivity index (χ3v) is 4.01. The second kappa shape index (κ2) is 10.9. The van der Waals surface area contributed by atoms with Gasteiger partial charge >= 0.3 is 0 Å². The standard InChI is InChI=1S/C17H33N3/c1-4-7-9-11-15(12-10-8-5-2)20-16(6-3)17-18-13-14-19-17/h13-16,20H,4-12H2,1-3H3,(H,18,19). The highest BCUT2D eigenvalue weighted by Crippen LogP contribution is 2.18. The van der Waals surface area contributed by atoms with E-state index in [0.29, 0.717) is 12.1 Å². The molecule has 20 heavy (non-hydrogen) atoms. The number of hydrogen-bond donors (Lipinski definition) is 2. The highest BCUT2D eigenvalue weighted by molar-refractivity contribution is 4.96. The minimum absolute atomic E-state index is 0.373. The van der Waals surface area contributed by atoms with Crippen LogP contribution in [0.3, 0.4) is 0 Å². The lowest BCUT2D eigenvalue weighted by Crippen LogP contribution is -2.33. The van der Waals surface area contributed by atoms with Crippen LogP contribution in [-0.4, -0.2) is 16.0 Å². The molecule has 0 saturated carbocycles. The summed E-state index contributed by atoms with van der Waals surface area (Å²) in [5.41, 5.74) is 0. The molecule has 0 aliphatic heterocycles. The Labute approximate surface area is 125 Å². The van der Waals surface area contributed by atoms with Gasteiger partial charge in [-0.2, -0.15) is 0 Å². The van der Waals surface area contributed by atoms with E-state index < -0.39 is 0 Å². The molecule has 1 unspecified atom stereocenters. The molecule has 1 aromatic heterocycles. The van der Waals surface area contributed by atoms with E-state index in [1.165, 1.54) is 51.4 Å². The molecule has 0 aliphatic carbocycles. The predicted molar refractivity (Wildman–Crippen MR) is 86.8 cm³/mol. The first kappa shape index (κ1) is 17.2. The maximum absolute atomic E-state index is 4.42. The fourth-order valence-corrected chi connectivity index (χ4v) is 2.74. The number of H-pyrrole nitrogens is 1. The van der Waals surface area contributed by atoms with Crippen molar-refractivity contribution >= 4 is 0 Å². The zero-order valence-electron chi connectivity index (χ0n) is 13.6. The molecule has 0 bridgehead atoms. The number of imidazole rings is 1. The number of nitrogens with zero attached hydrogens (tertiary/aromatic N) is 1. The van der Waals surface area contributed by atoms with Crippen molar-refractivity contribution in [1.82, 2.24) is 15.3 Å². The van der Waals surface area contributed by atoms with Crippen LogP contribution < -0.4 is 5.32 Å². The molecule has 3 heteroatoms. The van der Waals surface area contributed by atoms with Gasteiger partial charge in [-0.25, -0.2) is 4.98 Å². The van der Waals surface area contributed by atoms with Crippen molar-refractivity contribution in [1.29, 1.82) is 0 Å². The molecule has 2 N–H and O–H groups in total. The van der Waals surface area contributed by atoms with Gasteiger partial charge in [-0.3, -0.25) is 0 Å². The number of unbranched alkanes of at least 4 members (excludes halogenated alkanes) is 4. The van der Waals surface area contributed by atoms with Gasteiger partial charge in [0.25, 0.3) is 0 Å². The van der Waals surface area contributed by atoms with Gasteiger partial charge in [0.05, 0.1) is 6.04 Å². The van der Waals surface area contributed by atoms with Gasteiger partial charge in [0.1, 0.15) is 5.82 Å². The fraction of sp³-hybridized carbons (Fsp3) is 0.824. The van der Waals surface area contributed by atoms with E-state index in [2.05, 4.69) is 36.1 Å². The summed E-state index contributed by atoms with van der Waals surface area (Å²) >= 11 is 0. The molecular weight excluding hydrogens is 246 g/mol. The lowest BCUT2D eigenvalue weighted by Gasteiger charge is -2.24. The molecule has 1 rings (SSSR count). The van der Waals surface area contributed by atoms with Crippen LogP contribution in [0, 0.1) is 0 Å².